The van der Waals surface area contributed by atoms with E-state index in [1.54, 1.807) is 0 Å². The van der Waals surface area contributed by atoms with Gasteiger partial charge < -0.3 is 9.79 Å². The highest BCUT2D eigenvalue weighted by molar-refractivity contribution is 6.33. The topological polar surface area (TPSA) is 21.7 Å². The van der Waals surface area contributed by atoms with Crippen LogP contribution in [-0.2, 0) is 11.3 Å². The number of hydrogen-bond acceptors (Lipinski definition) is 3. The molecule has 0 radical (unpaired) electrons. The Balaban J connectivity index is 1.82. The van der Waals surface area contributed by atoms with E-state index in [1.807, 2.05) is 36.4 Å². The minimum absolute atomic E-state index is 0.0592. The predicted molar refractivity (Wildman–Crippen MR) is 93.9 cm³/mol. The molecular formula is C19H22ClNO2. The Morgan fingerprint density at radius 1 is 1.13 bits per heavy atom. The summed E-state index contributed by atoms with van der Waals surface area (Å²) in [7, 11) is 0. The van der Waals surface area contributed by atoms with E-state index in [1.165, 1.54) is 5.56 Å². The highest BCUT2D eigenvalue weighted by atomic mass is 35.5. The van der Waals surface area contributed by atoms with E-state index >= 15 is 0 Å². The highest BCUT2D eigenvalue weighted by Crippen LogP contribution is 2.34. The average molecular weight is 332 g/mol. The number of fused-ring (bicyclic) bond motifs is 1. The number of halogens is 1. The van der Waals surface area contributed by atoms with Gasteiger partial charge in [-0.15, -0.1) is 0 Å². The number of likely N-dealkylation sites (N-methyl/N-ethyl adjacent to an activating group) is 1. The van der Waals surface area contributed by atoms with Crippen molar-refractivity contribution >= 4 is 11.6 Å². The molecule has 0 saturated heterocycles. The second kappa shape index (κ2) is 7.35. The van der Waals surface area contributed by atoms with Crippen molar-refractivity contribution in [3.63, 3.8) is 0 Å². The third-order valence-corrected chi connectivity index (χ3v) is 4.65. The lowest BCUT2D eigenvalue weighted by Gasteiger charge is -2.28. The van der Waals surface area contributed by atoms with Crippen molar-refractivity contribution in [2.24, 2.45) is 0 Å². The largest absolute Gasteiger partial charge is 0.337 e. The Kier molecular flexibility index (Phi) is 5.21. The summed E-state index contributed by atoms with van der Waals surface area (Å²) >= 11 is 6.31. The summed E-state index contributed by atoms with van der Waals surface area (Å²) in [6.07, 6.45) is 0.910. The third-order valence-electron chi connectivity index (χ3n) is 4.32. The van der Waals surface area contributed by atoms with Gasteiger partial charge in [0.1, 0.15) is 6.10 Å². The molecule has 0 fully saturated rings. The summed E-state index contributed by atoms with van der Waals surface area (Å²) < 4.78 is 0. The fraction of sp³-hybridized carbons (Fsp3) is 0.368. The van der Waals surface area contributed by atoms with Crippen LogP contribution in [0.5, 0.6) is 5.75 Å². The van der Waals surface area contributed by atoms with Crippen LogP contribution >= 0.6 is 11.6 Å². The van der Waals surface area contributed by atoms with Crippen LogP contribution in [0.25, 0.3) is 11.1 Å². The van der Waals surface area contributed by atoms with Gasteiger partial charge in [-0.05, 0) is 36.9 Å². The van der Waals surface area contributed by atoms with Crippen LogP contribution < -0.4 is 4.89 Å². The van der Waals surface area contributed by atoms with Crippen molar-refractivity contribution in [1.82, 2.24) is 4.90 Å². The molecule has 3 rings (SSSR count). The fourth-order valence-electron chi connectivity index (χ4n) is 2.95. The molecule has 1 unspecified atom stereocenters. The molecule has 122 valence electrons. The molecule has 1 aliphatic heterocycles. The summed E-state index contributed by atoms with van der Waals surface area (Å²) in [6.45, 7) is 7.24. The second-order valence-electron chi connectivity index (χ2n) is 5.79. The predicted octanol–water partition coefficient (Wildman–Crippen LogP) is 4.58. The molecule has 0 spiro atoms. The smallest absolute Gasteiger partial charge is 0.168 e. The zero-order valence-electron chi connectivity index (χ0n) is 13.6. The quantitative estimate of drug-likeness (QED) is 0.748. The van der Waals surface area contributed by atoms with Gasteiger partial charge in [0.25, 0.3) is 0 Å². The molecule has 0 aliphatic carbocycles. The first-order valence-electron chi connectivity index (χ1n) is 8.14. The van der Waals surface area contributed by atoms with Crippen LogP contribution in [0.1, 0.15) is 19.4 Å². The summed E-state index contributed by atoms with van der Waals surface area (Å²) in [5.41, 5.74) is 3.33. The van der Waals surface area contributed by atoms with Gasteiger partial charge in [-0.3, -0.25) is 0 Å². The van der Waals surface area contributed by atoms with Gasteiger partial charge in [0, 0.05) is 29.1 Å². The molecule has 1 heterocycles. The Labute approximate surface area is 142 Å². The monoisotopic (exact) mass is 331 g/mol. The number of rotatable bonds is 5. The number of hydrogen-bond donors (Lipinski definition) is 0. The molecule has 2 aromatic carbocycles. The van der Waals surface area contributed by atoms with Gasteiger partial charge >= 0.3 is 0 Å². The van der Waals surface area contributed by atoms with E-state index in [0.717, 1.165) is 48.0 Å². The van der Waals surface area contributed by atoms with E-state index in [2.05, 4.69) is 24.8 Å². The van der Waals surface area contributed by atoms with Crippen LogP contribution in [0, 0.1) is 0 Å². The Morgan fingerprint density at radius 3 is 2.65 bits per heavy atom. The van der Waals surface area contributed by atoms with Crippen molar-refractivity contribution in [3.05, 3.63) is 53.1 Å². The van der Waals surface area contributed by atoms with E-state index in [9.17, 15) is 0 Å². The van der Waals surface area contributed by atoms with Gasteiger partial charge in [0.15, 0.2) is 5.75 Å². The first-order chi connectivity index (χ1) is 11.2. The first-order valence-corrected chi connectivity index (χ1v) is 8.52. The maximum Gasteiger partial charge on any atom is 0.168 e. The number of nitrogens with zero attached hydrogens (tertiary/aromatic N) is 1. The second-order valence-corrected chi connectivity index (χ2v) is 6.20. The van der Waals surface area contributed by atoms with Gasteiger partial charge in [-0.25, -0.2) is 0 Å². The SMILES string of the molecule is CCN(CC)CC1Cc2cc(-c3ccccc3Cl)ccc2OO1. The minimum atomic E-state index is 0.0592. The molecule has 2 aromatic rings. The molecule has 4 heteroatoms. The van der Waals surface area contributed by atoms with Crippen molar-refractivity contribution in [2.75, 3.05) is 19.6 Å². The Hall–Kier alpha value is -1.55. The molecule has 0 saturated carbocycles. The normalized spacial score (nSPS) is 17.0. The van der Waals surface area contributed by atoms with Crippen LogP contribution in [0.3, 0.4) is 0 Å². The molecule has 0 bridgehead atoms. The van der Waals surface area contributed by atoms with Gasteiger partial charge in [-0.2, -0.15) is 4.89 Å². The van der Waals surface area contributed by atoms with E-state index < -0.39 is 0 Å². The Morgan fingerprint density at radius 2 is 1.91 bits per heavy atom. The minimum Gasteiger partial charge on any atom is -0.337 e. The molecule has 1 atom stereocenters. The third kappa shape index (κ3) is 3.69. The summed E-state index contributed by atoms with van der Waals surface area (Å²) in [5, 5.41) is 0.764. The molecule has 23 heavy (non-hydrogen) atoms. The van der Waals surface area contributed by atoms with Crippen molar-refractivity contribution in [2.45, 2.75) is 26.4 Å². The van der Waals surface area contributed by atoms with Crippen molar-refractivity contribution in [1.29, 1.82) is 0 Å². The van der Waals surface area contributed by atoms with Crippen LogP contribution in [-0.4, -0.2) is 30.6 Å². The molecule has 0 N–H and O–H groups in total. The number of benzene rings is 2. The highest BCUT2D eigenvalue weighted by Gasteiger charge is 2.23. The molecule has 0 amide bonds. The lowest BCUT2D eigenvalue weighted by atomic mass is 9.98. The summed E-state index contributed by atoms with van der Waals surface area (Å²) in [6, 6.07) is 14.0. The summed E-state index contributed by atoms with van der Waals surface area (Å²) in [4.78, 5) is 13.4. The standard InChI is InChI=1S/C19H22ClNO2/c1-3-21(4-2)13-16-12-15-11-14(9-10-19(15)23-22-16)17-7-5-6-8-18(17)20/h5-11,16H,3-4,12-13H2,1-2H3. The van der Waals surface area contributed by atoms with E-state index in [0.29, 0.717) is 0 Å². The van der Waals surface area contributed by atoms with Crippen LogP contribution in [0.4, 0.5) is 0 Å². The van der Waals surface area contributed by atoms with E-state index in [-0.39, 0.29) is 6.10 Å². The maximum absolute atomic E-state index is 6.31. The zero-order chi connectivity index (χ0) is 16.2. The van der Waals surface area contributed by atoms with Crippen LogP contribution in [0.15, 0.2) is 42.5 Å². The molecule has 1 aliphatic rings. The van der Waals surface area contributed by atoms with Gasteiger partial charge in [0.05, 0.1) is 0 Å². The average Bonchev–Trinajstić information content (AvgIpc) is 2.59. The molecular weight excluding hydrogens is 310 g/mol. The van der Waals surface area contributed by atoms with Gasteiger partial charge in [0.2, 0.25) is 0 Å². The Bertz CT molecular complexity index is 670. The lowest BCUT2D eigenvalue weighted by molar-refractivity contribution is -0.257. The molecule has 0 aromatic heterocycles. The van der Waals surface area contributed by atoms with Gasteiger partial charge in [-0.1, -0.05) is 49.7 Å². The maximum atomic E-state index is 6.31. The van der Waals surface area contributed by atoms with Crippen LogP contribution in [0.2, 0.25) is 5.02 Å². The van der Waals surface area contributed by atoms with Crippen molar-refractivity contribution in [3.8, 4) is 16.9 Å². The zero-order valence-corrected chi connectivity index (χ0v) is 14.3. The molecule has 3 nitrogen and oxygen atoms in total. The van der Waals surface area contributed by atoms with Crippen molar-refractivity contribution < 1.29 is 9.78 Å². The van der Waals surface area contributed by atoms with E-state index in [4.69, 9.17) is 21.4 Å². The summed E-state index contributed by atoms with van der Waals surface area (Å²) in [5.74, 6) is 0.802. The lowest BCUT2D eigenvalue weighted by Crippen LogP contribution is -2.37. The fourth-order valence-corrected chi connectivity index (χ4v) is 3.19. The first kappa shape index (κ1) is 16.3.